The largest absolute Gasteiger partial charge is 0.370 e. The zero-order chi connectivity index (χ0) is 12.7. The highest BCUT2D eigenvalue weighted by atomic mass is 79.9. The lowest BCUT2D eigenvalue weighted by Gasteiger charge is -1.95. The molecule has 17 heavy (non-hydrogen) atoms. The number of rotatable bonds is 3. The molecule has 0 aromatic heterocycles. The van der Waals surface area contributed by atoms with E-state index >= 15 is 0 Å². The second-order valence-electron chi connectivity index (χ2n) is 3.18. The summed E-state index contributed by atoms with van der Waals surface area (Å²) in [5.74, 6) is -0.785. The number of halogens is 1. The number of allylic oxidation sites excluding steroid dienone is 2. The Labute approximate surface area is 108 Å². The zero-order valence-corrected chi connectivity index (χ0v) is 10.6. The average Bonchev–Trinajstić information content (AvgIpc) is 2.23. The lowest BCUT2D eigenvalue weighted by Crippen LogP contribution is -2.34. The molecule has 5 heteroatoms. The molecular formula is C12H12BrN3O. The van der Waals surface area contributed by atoms with Crippen molar-refractivity contribution in [3.05, 3.63) is 52.5 Å². The van der Waals surface area contributed by atoms with Gasteiger partial charge >= 0.3 is 0 Å². The van der Waals surface area contributed by atoms with Gasteiger partial charge in [0.2, 0.25) is 0 Å². The highest BCUT2D eigenvalue weighted by Crippen LogP contribution is 2.12. The van der Waals surface area contributed by atoms with Crippen LogP contribution in [0.3, 0.4) is 0 Å². The van der Waals surface area contributed by atoms with Crippen LogP contribution < -0.4 is 11.1 Å². The van der Waals surface area contributed by atoms with Gasteiger partial charge in [0.05, 0.1) is 0 Å². The first-order valence-corrected chi connectivity index (χ1v) is 5.62. The van der Waals surface area contributed by atoms with Crippen molar-refractivity contribution in [1.29, 1.82) is 5.41 Å². The van der Waals surface area contributed by atoms with Crippen LogP contribution in [-0.4, -0.2) is 11.9 Å². The number of nitrogens with one attached hydrogen (secondary N) is 2. The maximum absolute atomic E-state index is 11.1. The molecule has 88 valence electrons. The Kier molecular flexibility index (Phi) is 5.16. The van der Waals surface area contributed by atoms with Gasteiger partial charge in [0, 0.05) is 10.5 Å². The van der Waals surface area contributed by atoms with Gasteiger partial charge in [-0.25, -0.2) is 0 Å². The van der Waals surface area contributed by atoms with Gasteiger partial charge in [0.15, 0.2) is 5.96 Å². The third kappa shape index (κ3) is 5.67. The molecule has 0 aliphatic carbocycles. The molecule has 0 radical (unpaired) electrons. The second kappa shape index (κ2) is 6.65. The summed E-state index contributed by atoms with van der Waals surface area (Å²) in [6, 6.07) is 7.77. The Balaban J connectivity index is 2.53. The van der Waals surface area contributed by atoms with Crippen LogP contribution in [-0.2, 0) is 4.79 Å². The van der Waals surface area contributed by atoms with E-state index in [2.05, 4.69) is 21.2 Å². The highest BCUT2D eigenvalue weighted by Gasteiger charge is 1.93. The summed E-state index contributed by atoms with van der Waals surface area (Å²) >= 11 is 3.37. The number of carbonyl (C=O) groups is 1. The number of benzene rings is 1. The summed E-state index contributed by atoms with van der Waals surface area (Å²) in [4.78, 5) is 11.1. The van der Waals surface area contributed by atoms with Crippen molar-refractivity contribution in [3.63, 3.8) is 0 Å². The van der Waals surface area contributed by atoms with Crippen LogP contribution in [0, 0.1) is 5.41 Å². The van der Waals surface area contributed by atoms with Crippen molar-refractivity contribution in [1.82, 2.24) is 5.32 Å². The minimum Gasteiger partial charge on any atom is -0.370 e. The van der Waals surface area contributed by atoms with E-state index in [0.717, 1.165) is 10.0 Å². The fourth-order valence-corrected chi connectivity index (χ4v) is 1.51. The molecule has 0 saturated heterocycles. The molecule has 0 unspecified atom stereocenters. The first kappa shape index (κ1) is 13.2. The second-order valence-corrected chi connectivity index (χ2v) is 4.09. The maximum atomic E-state index is 11.1. The number of hydrogen-bond acceptors (Lipinski definition) is 2. The third-order valence-electron chi connectivity index (χ3n) is 1.75. The van der Waals surface area contributed by atoms with Gasteiger partial charge in [0.1, 0.15) is 0 Å². The van der Waals surface area contributed by atoms with Crippen LogP contribution in [0.5, 0.6) is 0 Å². The highest BCUT2D eigenvalue weighted by molar-refractivity contribution is 9.10. The Hall–Kier alpha value is -1.88. The molecule has 1 rings (SSSR count). The molecule has 0 fully saturated rings. The first-order valence-electron chi connectivity index (χ1n) is 4.83. The number of guanidine groups is 1. The number of nitrogens with two attached hydrogens (primary N) is 1. The van der Waals surface area contributed by atoms with E-state index in [-0.39, 0.29) is 5.96 Å². The molecule has 0 atom stereocenters. The van der Waals surface area contributed by atoms with Crippen LogP contribution in [0.4, 0.5) is 0 Å². The molecule has 1 aromatic rings. The Morgan fingerprint density at radius 3 is 2.82 bits per heavy atom. The topological polar surface area (TPSA) is 79.0 Å². The van der Waals surface area contributed by atoms with Crippen LogP contribution in [0.25, 0.3) is 6.08 Å². The van der Waals surface area contributed by atoms with Crippen LogP contribution in [0.15, 0.2) is 47.0 Å². The predicted octanol–water partition coefficient (Wildman–Crippen LogP) is 2.03. The molecule has 0 saturated carbocycles. The number of amides is 1. The smallest absolute Gasteiger partial charge is 0.250 e. The summed E-state index contributed by atoms with van der Waals surface area (Å²) in [7, 11) is 0. The minimum atomic E-state index is -0.420. The van der Waals surface area contributed by atoms with E-state index in [4.69, 9.17) is 11.1 Å². The van der Waals surface area contributed by atoms with E-state index in [1.54, 1.807) is 12.2 Å². The lowest BCUT2D eigenvalue weighted by atomic mass is 10.2. The monoisotopic (exact) mass is 293 g/mol. The number of hydrogen-bond donors (Lipinski definition) is 3. The first-order chi connectivity index (χ1) is 8.08. The van der Waals surface area contributed by atoms with Gasteiger partial charge in [-0.1, -0.05) is 46.3 Å². The molecule has 1 amide bonds. The van der Waals surface area contributed by atoms with E-state index in [9.17, 15) is 4.79 Å². The van der Waals surface area contributed by atoms with Gasteiger partial charge in [-0.2, -0.15) is 0 Å². The summed E-state index contributed by atoms with van der Waals surface area (Å²) in [6.07, 6.45) is 6.48. The fourth-order valence-electron chi connectivity index (χ4n) is 1.09. The molecule has 4 nitrogen and oxygen atoms in total. The van der Waals surface area contributed by atoms with Crippen LogP contribution in [0.2, 0.25) is 0 Å². The summed E-state index contributed by atoms with van der Waals surface area (Å²) < 4.78 is 0.998. The van der Waals surface area contributed by atoms with Crippen molar-refractivity contribution in [2.45, 2.75) is 0 Å². The van der Waals surface area contributed by atoms with E-state index < -0.39 is 5.91 Å². The van der Waals surface area contributed by atoms with Gasteiger partial charge < -0.3 is 5.73 Å². The van der Waals surface area contributed by atoms with Crippen LogP contribution >= 0.6 is 15.9 Å². The molecule has 0 spiro atoms. The minimum absolute atomic E-state index is 0.365. The molecule has 0 heterocycles. The van der Waals surface area contributed by atoms with Crippen molar-refractivity contribution < 1.29 is 4.79 Å². The maximum Gasteiger partial charge on any atom is 0.250 e. The van der Waals surface area contributed by atoms with E-state index in [1.165, 1.54) is 6.08 Å². The normalized spacial score (nSPS) is 10.9. The SMILES string of the molecule is N=C(N)NC(=O)C=CC=Cc1cccc(Br)c1. The molecule has 0 aliphatic rings. The van der Waals surface area contributed by atoms with E-state index in [1.807, 2.05) is 30.3 Å². The molecule has 0 aliphatic heterocycles. The molecule has 1 aromatic carbocycles. The molecule has 4 N–H and O–H groups in total. The average molecular weight is 294 g/mol. The number of carbonyl (C=O) groups excluding carboxylic acids is 1. The van der Waals surface area contributed by atoms with Crippen molar-refractivity contribution in [2.75, 3.05) is 0 Å². The summed E-state index contributed by atoms with van der Waals surface area (Å²) in [5, 5.41) is 9.00. The van der Waals surface area contributed by atoms with Gasteiger partial charge in [-0.3, -0.25) is 15.5 Å². The third-order valence-corrected chi connectivity index (χ3v) is 2.25. The Morgan fingerprint density at radius 1 is 1.41 bits per heavy atom. The molecular weight excluding hydrogens is 282 g/mol. The zero-order valence-electron chi connectivity index (χ0n) is 8.98. The quantitative estimate of drug-likeness (QED) is 0.345. The summed E-state index contributed by atoms with van der Waals surface area (Å²) in [6.45, 7) is 0. The van der Waals surface area contributed by atoms with Gasteiger partial charge in [-0.15, -0.1) is 0 Å². The van der Waals surface area contributed by atoms with Gasteiger partial charge in [0.25, 0.3) is 5.91 Å². The molecule has 0 bridgehead atoms. The van der Waals surface area contributed by atoms with Crippen molar-refractivity contribution in [3.8, 4) is 0 Å². The Bertz CT molecular complexity index is 480. The van der Waals surface area contributed by atoms with Crippen LogP contribution in [0.1, 0.15) is 5.56 Å². The van der Waals surface area contributed by atoms with Gasteiger partial charge in [-0.05, 0) is 17.7 Å². The van der Waals surface area contributed by atoms with Crippen molar-refractivity contribution in [2.24, 2.45) is 5.73 Å². The standard InChI is InChI=1S/C12H12BrN3O/c13-10-6-3-5-9(8-10)4-1-2-7-11(17)16-12(14)15/h1-8H,(H4,14,15,16,17). The summed E-state index contributed by atoms with van der Waals surface area (Å²) in [5.41, 5.74) is 6.02. The Morgan fingerprint density at radius 2 is 2.18 bits per heavy atom. The van der Waals surface area contributed by atoms with E-state index in [0.29, 0.717) is 0 Å². The predicted molar refractivity (Wildman–Crippen MR) is 72.4 cm³/mol. The fraction of sp³-hybridized carbons (Fsp3) is 0. The van der Waals surface area contributed by atoms with Crippen molar-refractivity contribution >= 4 is 33.9 Å². The lowest BCUT2D eigenvalue weighted by molar-refractivity contribution is -0.115.